The molecule has 0 spiro atoms. The highest BCUT2D eigenvalue weighted by Crippen LogP contribution is 2.30. The number of primary sulfonamides is 1. The molecule has 162 valence electrons. The Balaban J connectivity index is 1.97. The van der Waals surface area contributed by atoms with Crippen LogP contribution in [0.3, 0.4) is 0 Å². The molecule has 9 heteroatoms. The monoisotopic (exact) mass is 453 g/mol. The Morgan fingerprint density at radius 2 is 1.53 bits per heavy atom. The van der Waals surface area contributed by atoms with Gasteiger partial charge in [0, 0.05) is 5.56 Å². The van der Waals surface area contributed by atoms with Gasteiger partial charge in [-0.3, -0.25) is 4.79 Å². The van der Waals surface area contributed by atoms with Gasteiger partial charge in [-0.2, -0.15) is 9.78 Å². The number of hydrogen-bond donors (Lipinski definition) is 1. The van der Waals surface area contributed by atoms with Gasteiger partial charge in [0.2, 0.25) is 10.0 Å². The van der Waals surface area contributed by atoms with Crippen LogP contribution in [-0.2, 0) is 10.0 Å². The Hall–Kier alpha value is -3.69. The summed E-state index contributed by atoms with van der Waals surface area (Å²) in [5.74, 6) is -0.872. The minimum absolute atomic E-state index is 0.0759. The fraction of sp³-hybridized carbons (Fsp3) is 0.0435. The molecule has 2 N–H and O–H groups in total. The van der Waals surface area contributed by atoms with Crippen LogP contribution in [0.5, 0.6) is 0 Å². The quantitative estimate of drug-likeness (QED) is 0.509. The summed E-state index contributed by atoms with van der Waals surface area (Å²) in [6, 6.07) is 15.2. The molecule has 0 saturated carbocycles. The Kier molecular flexibility index (Phi) is 5.45. The summed E-state index contributed by atoms with van der Waals surface area (Å²) >= 11 is 0. The summed E-state index contributed by atoms with van der Waals surface area (Å²) in [6.45, 7) is 1.58. The predicted octanol–water partition coefficient (Wildman–Crippen LogP) is 3.80. The third kappa shape index (κ3) is 4.08. The van der Waals surface area contributed by atoms with E-state index in [1.807, 2.05) is 0 Å². The summed E-state index contributed by atoms with van der Waals surface area (Å²) < 4.78 is 51.5. The molecule has 0 radical (unpaired) electrons. The highest BCUT2D eigenvalue weighted by molar-refractivity contribution is 7.89. The maximum absolute atomic E-state index is 13.9. The molecule has 0 bridgehead atoms. The molecule has 0 fully saturated rings. The number of nitrogens with zero attached hydrogens (tertiary/aromatic N) is 2. The molecule has 6 nitrogen and oxygen atoms in total. The van der Waals surface area contributed by atoms with E-state index >= 15 is 0 Å². The number of sulfonamides is 1. The van der Waals surface area contributed by atoms with Gasteiger partial charge in [0.05, 0.1) is 22.3 Å². The van der Waals surface area contributed by atoms with Crippen molar-refractivity contribution in [1.29, 1.82) is 0 Å². The normalized spacial score (nSPS) is 11.5. The van der Waals surface area contributed by atoms with Crippen molar-refractivity contribution < 1.29 is 17.2 Å². The van der Waals surface area contributed by atoms with Gasteiger partial charge in [0.15, 0.2) is 0 Å². The highest BCUT2D eigenvalue weighted by Gasteiger charge is 2.18. The fourth-order valence-electron chi connectivity index (χ4n) is 3.34. The van der Waals surface area contributed by atoms with Crippen molar-refractivity contribution in [2.75, 3.05) is 0 Å². The lowest BCUT2D eigenvalue weighted by Crippen LogP contribution is -2.23. The Morgan fingerprint density at radius 1 is 0.906 bits per heavy atom. The zero-order chi connectivity index (χ0) is 23.0. The Labute approximate surface area is 182 Å². The molecule has 1 aromatic heterocycles. The minimum atomic E-state index is -3.88. The number of hydrogen-bond acceptors (Lipinski definition) is 4. The van der Waals surface area contributed by atoms with E-state index < -0.39 is 27.2 Å². The number of halogens is 2. The molecule has 32 heavy (non-hydrogen) atoms. The summed E-state index contributed by atoms with van der Waals surface area (Å²) in [5.41, 5.74) is 1.82. The van der Waals surface area contributed by atoms with Crippen LogP contribution in [-0.4, -0.2) is 18.2 Å². The van der Waals surface area contributed by atoms with Gasteiger partial charge >= 0.3 is 0 Å². The number of nitrogens with two attached hydrogens (primary N) is 1. The molecule has 0 aliphatic carbocycles. The van der Waals surface area contributed by atoms with Gasteiger partial charge < -0.3 is 0 Å². The number of aromatic nitrogens is 2. The van der Waals surface area contributed by atoms with E-state index in [4.69, 9.17) is 5.14 Å². The first kappa shape index (κ1) is 21.5. The van der Waals surface area contributed by atoms with Crippen molar-refractivity contribution >= 4 is 10.0 Å². The second-order valence-electron chi connectivity index (χ2n) is 7.16. The lowest BCUT2D eigenvalue weighted by molar-refractivity contribution is 0.598. The van der Waals surface area contributed by atoms with Gasteiger partial charge in [-0.1, -0.05) is 18.2 Å². The lowest BCUT2D eigenvalue weighted by Gasteiger charge is -2.14. The molecule has 0 aliphatic rings. The molecule has 3 aromatic carbocycles. The number of benzene rings is 3. The van der Waals surface area contributed by atoms with Crippen LogP contribution >= 0.6 is 0 Å². The maximum atomic E-state index is 13.9. The van der Waals surface area contributed by atoms with Gasteiger partial charge in [-0.15, -0.1) is 0 Å². The first-order chi connectivity index (χ1) is 15.1. The van der Waals surface area contributed by atoms with Crippen molar-refractivity contribution in [2.45, 2.75) is 11.8 Å². The Bertz CT molecular complexity index is 1480. The van der Waals surface area contributed by atoms with E-state index in [2.05, 4.69) is 5.10 Å². The molecule has 0 saturated heterocycles. The maximum Gasteiger partial charge on any atom is 0.279 e. The van der Waals surface area contributed by atoms with E-state index in [0.717, 1.165) is 4.68 Å². The van der Waals surface area contributed by atoms with Gasteiger partial charge in [0.25, 0.3) is 5.56 Å². The van der Waals surface area contributed by atoms with Crippen LogP contribution < -0.4 is 10.7 Å². The topological polar surface area (TPSA) is 95.1 Å². The molecule has 0 amide bonds. The van der Waals surface area contributed by atoms with Crippen LogP contribution in [0.1, 0.15) is 5.56 Å². The predicted molar refractivity (Wildman–Crippen MR) is 117 cm³/mol. The van der Waals surface area contributed by atoms with Crippen LogP contribution in [0.25, 0.3) is 27.9 Å². The third-order valence-electron chi connectivity index (χ3n) is 4.99. The van der Waals surface area contributed by atoms with E-state index in [-0.39, 0.29) is 10.5 Å². The van der Waals surface area contributed by atoms with Crippen LogP contribution in [0.2, 0.25) is 0 Å². The largest absolute Gasteiger partial charge is 0.279 e. The minimum Gasteiger partial charge on any atom is -0.267 e. The molecule has 0 unspecified atom stereocenters. The van der Waals surface area contributed by atoms with Crippen molar-refractivity contribution in [2.24, 2.45) is 5.14 Å². The third-order valence-corrected chi connectivity index (χ3v) is 5.92. The van der Waals surface area contributed by atoms with E-state index in [9.17, 15) is 22.0 Å². The molecular weight excluding hydrogens is 436 g/mol. The van der Waals surface area contributed by atoms with Crippen molar-refractivity contribution in [3.05, 3.63) is 100 Å². The molecular formula is C23H17F2N3O3S. The van der Waals surface area contributed by atoms with E-state index in [1.54, 1.807) is 13.0 Å². The van der Waals surface area contributed by atoms with Crippen LogP contribution in [0.15, 0.2) is 82.6 Å². The second-order valence-corrected chi connectivity index (χ2v) is 8.72. The lowest BCUT2D eigenvalue weighted by atomic mass is 9.96. The van der Waals surface area contributed by atoms with E-state index in [1.165, 1.54) is 66.9 Å². The zero-order valence-electron chi connectivity index (χ0n) is 16.8. The summed E-state index contributed by atoms with van der Waals surface area (Å²) in [5, 5.41) is 9.38. The van der Waals surface area contributed by atoms with Crippen molar-refractivity contribution in [3.63, 3.8) is 0 Å². The molecule has 0 aliphatic heterocycles. The molecule has 4 aromatic rings. The molecule has 1 heterocycles. The SMILES string of the molecule is Cc1cc(-c2c(-c3ccc(S(N)(=O)=O)cc3)cnn(-c3ccc(F)cc3)c2=O)ccc1F. The number of rotatable bonds is 4. The standard InChI is InChI=1S/C23H17F2N3O3S/c1-14-12-16(4-11-21(14)25)22-20(15-2-9-19(10-3-15)32(26,30)31)13-27-28(23(22)29)18-7-5-17(24)6-8-18/h2-13H,1H3,(H2,26,30,31). The van der Waals surface area contributed by atoms with E-state index in [0.29, 0.717) is 27.9 Å². The Morgan fingerprint density at radius 3 is 2.12 bits per heavy atom. The zero-order valence-corrected chi connectivity index (χ0v) is 17.6. The average Bonchev–Trinajstić information content (AvgIpc) is 2.76. The van der Waals surface area contributed by atoms with Gasteiger partial charge in [0.1, 0.15) is 11.6 Å². The first-order valence-corrected chi connectivity index (χ1v) is 11.0. The smallest absolute Gasteiger partial charge is 0.267 e. The fourth-order valence-corrected chi connectivity index (χ4v) is 3.86. The number of aryl methyl sites for hydroxylation is 1. The summed E-state index contributed by atoms with van der Waals surface area (Å²) in [6.07, 6.45) is 1.45. The second kappa shape index (κ2) is 8.10. The van der Waals surface area contributed by atoms with Crippen LogP contribution in [0, 0.1) is 18.6 Å². The van der Waals surface area contributed by atoms with Gasteiger partial charge in [-0.25, -0.2) is 22.3 Å². The van der Waals surface area contributed by atoms with Crippen molar-refractivity contribution in [1.82, 2.24) is 9.78 Å². The first-order valence-electron chi connectivity index (χ1n) is 9.43. The average molecular weight is 453 g/mol. The molecule has 4 rings (SSSR count). The molecule has 0 atom stereocenters. The van der Waals surface area contributed by atoms with Gasteiger partial charge in [-0.05, 0) is 72.1 Å². The summed E-state index contributed by atoms with van der Waals surface area (Å²) in [4.78, 5) is 13.4. The van der Waals surface area contributed by atoms with Crippen LogP contribution in [0.4, 0.5) is 8.78 Å². The summed E-state index contributed by atoms with van der Waals surface area (Å²) in [7, 11) is -3.88. The highest BCUT2D eigenvalue weighted by atomic mass is 32.2. The van der Waals surface area contributed by atoms with Crippen molar-refractivity contribution in [3.8, 4) is 27.9 Å².